The summed E-state index contributed by atoms with van der Waals surface area (Å²) in [5.74, 6) is -0.258. The van der Waals surface area contributed by atoms with Gasteiger partial charge in [-0.25, -0.2) is 0 Å². The van der Waals surface area contributed by atoms with Gasteiger partial charge in [0.05, 0.1) is 9.83 Å². The molecule has 0 bridgehead atoms. The van der Waals surface area contributed by atoms with Crippen LogP contribution in [0.3, 0.4) is 0 Å². The van der Waals surface area contributed by atoms with Gasteiger partial charge in [-0.1, -0.05) is 47.2 Å². The van der Waals surface area contributed by atoms with Crippen LogP contribution in [0.4, 0.5) is 5.69 Å². The molecular weight excluding hydrogens is 355 g/mol. The maximum Gasteiger partial charge on any atom is 0.288 e. The van der Waals surface area contributed by atoms with Crippen LogP contribution in [-0.2, 0) is 4.79 Å². The molecule has 9 heteroatoms. The van der Waals surface area contributed by atoms with Crippen molar-refractivity contribution in [1.29, 1.82) is 0 Å². The molecule has 0 saturated carbocycles. The van der Waals surface area contributed by atoms with Crippen molar-refractivity contribution in [1.82, 2.24) is 4.90 Å². The molecule has 1 amide bonds. The molecule has 1 aromatic carbocycles. The van der Waals surface area contributed by atoms with Crippen molar-refractivity contribution in [2.75, 3.05) is 6.54 Å². The number of thiocarbonyl (C=S) groups is 1. The fourth-order valence-corrected chi connectivity index (χ4v) is 3.65. The molecule has 0 radical (unpaired) electrons. The third-order valence-electron chi connectivity index (χ3n) is 2.77. The normalized spacial score (nSPS) is 16.9. The first-order chi connectivity index (χ1) is 9.86. The Labute approximate surface area is 140 Å². The van der Waals surface area contributed by atoms with E-state index in [-0.39, 0.29) is 27.2 Å². The Balaban J connectivity index is 2.51. The molecule has 0 aromatic heterocycles. The molecule has 0 N–H and O–H groups in total. The van der Waals surface area contributed by atoms with Gasteiger partial charge >= 0.3 is 0 Å². The number of amides is 1. The lowest BCUT2D eigenvalue weighted by atomic mass is 10.1. The summed E-state index contributed by atoms with van der Waals surface area (Å²) in [6, 6.07) is 2.59. The summed E-state index contributed by atoms with van der Waals surface area (Å²) in [7, 11) is 0. The number of benzene rings is 1. The lowest BCUT2D eigenvalue weighted by Gasteiger charge is -2.09. The zero-order chi connectivity index (χ0) is 15.7. The molecule has 1 heterocycles. The molecule has 1 fully saturated rings. The molecule has 0 unspecified atom stereocenters. The number of hydrogen-bond acceptors (Lipinski definition) is 5. The number of carbonyl (C=O) groups is 1. The summed E-state index contributed by atoms with van der Waals surface area (Å²) in [4.78, 5) is 24.2. The van der Waals surface area contributed by atoms with Crippen molar-refractivity contribution in [3.63, 3.8) is 0 Å². The van der Waals surface area contributed by atoms with Gasteiger partial charge in [-0.05, 0) is 19.1 Å². The van der Waals surface area contributed by atoms with Crippen LogP contribution >= 0.6 is 47.2 Å². The summed E-state index contributed by atoms with van der Waals surface area (Å²) in [6.45, 7) is 2.26. The zero-order valence-corrected chi connectivity index (χ0v) is 13.8. The van der Waals surface area contributed by atoms with Crippen molar-refractivity contribution >= 4 is 69.2 Å². The lowest BCUT2D eigenvalue weighted by Crippen LogP contribution is -2.27. The molecule has 110 valence electrons. The van der Waals surface area contributed by atoms with Crippen molar-refractivity contribution < 1.29 is 9.72 Å². The smallest absolute Gasteiger partial charge is 0.288 e. The highest BCUT2D eigenvalue weighted by Crippen LogP contribution is 2.38. The predicted octanol–water partition coefficient (Wildman–Crippen LogP) is 4.12. The fourth-order valence-electron chi connectivity index (χ4n) is 1.73. The van der Waals surface area contributed by atoms with Crippen LogP contribution in [0.1, 0.15) is 12.5 Å². The molecule has 1 aliphatic rings. The van der Waals surface area contributed by atoms with E-state index in [2.05, 4.69) is 0 Å². The molecule has 0 atom stereocenters. The highest BCUT2D eigenvalue weighted by atomic mass is 35.5. The largest absolute Gasteiger partial charge is 0.293 e. The highest BCUT2D eigenvalue weighted by molar-refractivity contribution is 8.26. The Hall–Kier alpha value is -1.15. The molecule has 1 saturated heterocycles. The van der Waals surface area contributed by atoms with Crippen LogP contribution in [0.15, 0.2) is 17.0 Å². The number of thioether (sulfide) groups is 1. The summed E-state index contributed by atoms with van der Waals surface area (Å²) < 4.78 is 0.437. The molecule has 2 rings (SSSR count). The van der Waals surface area contributed by atoms with E-state index in [4.69, 9.17) is 35.4 Å². The number of nitro groups is 1. The Morgan fingerprint density at radius 1 is 1.48 bits per heavy atom. The van der Waals surface area contributed by atoms with E-state index in [1.807, 2.05) is 0 Å². The van der Waals surface area contributed by atoms with Gasteiger partial charge in [0.1, 0.15) is 9.34 Å². The van der Waals surface area contributed by atoms with Gasteiger partial charge in [0, 0.05) is 23.2 Å². The summed E-state index contributed by atoms with van der Waals surface area (Å²) in [5, 5.41) is 11.0. The fraction of sp³-hybridized carbons (Fsp3) is 0.167. The first-order valence-electron chi connectivity index (χ1n) is 5.74. The van der Waals surface area contributed by atoms with Crippen LogP contribution in [0.5, 0.6) is 0 Å². The van der Waals surface area contributed by atoms with Gasteiger partial charge in [0.25, 0.3) is 11.6 Å². The van der Waals surface area contributed by atoms with E-state index in [1.165, 1.54) is 23.1 Å². The predicted molar refractivity (Wildman–Crippen MR) is 88.7 cm³/mol. The van der Waals surface area contributed by atoms with Gasteiger partial charge < -0.3 is 0 Å². The minimum Gasteiger partial charge on any atom is -0.293 e. The van der Waals surface area contributed by atoms with Crippen molar-refractivity contribution in [3.8, 4) is 0 Å². The Morgan fingerprint density at radius 2 is 2.14 bits per heavy atom. The van der Waals surface area contributed by atoms with Crippen molar-refractivity contribution in [2.45, 2.75) is 6.92 Å². The number of hydrogen-bond donors (Lipinski definition) is 0. The van der Waals surface area contributed by atoms with Gasteiger partial charge in [-0.2, -0.15) is 0 Å². The second kappa shape index (κ2) is 6.31. The van der Waals surface area contributed by atoms with Gasteiger partial charge in [0.2, 0.25) is 0 Å². The minimum atomic E-state index is -0.604. The molecule has 0 spiro atoms. The van der Waals surface area contributed by atoms with E-state index in [9.17, 15) is 14.9 Å². The van der Waals surface area contributed by atoms with Crippen molar-refractivity contribution in [2.24, 2.45) is 0 Å². The molecular formula is C12H8Cl2N2O3S2. The lowest BCUT2D eigenvalue weighted by molar-refractivity contribution is -0.384. The van der Waals surface area contributed by atoms with E-state index in [0.717, 1.165) is 11.8 Å². The van der Waals surface area contributed by atoms with Crippen LogP contribution in [0.2, 0.25) is 10.0 Å². The third-order valence-corrected chi connectivity index (χ3v) is 4.87. The third kappa shape index (κ3) is 3.06. The van der Waals surface area contributed by atoms with E-state index >= 15 is 0 Å². The second-order valence-corrected chi connectivity index (χ2v) is 6.44. The Bertz CT molecular complexity index is 691. The summed E-state index contributed by atoms with van der Waals surface area (Å²) in [6.07, 6.45) is 1.44. The SMILES string of the molecule is CCN1C(=O)/C(=C/c2c(Cl)ccc([N+](=O)[O-])c2Cl)SC1=S. The molecule has 1 aromatic rings. The molecule has 1 aliphatic heterocycles. The minimum absolute atomic E-state index is 0.103. The van der Waals surface area contributed by atoms with Gasteiger partial charge in [-0.3, -0.25) is 19.8 Å². The quantitative estimate of drug-likeness (QED) is 0.350. The second-order valence-electron chi connectivity index (χ2n) is 3.98. The van der Waals surface area contributed by atoms with Gasteiger partial charge in [0.15, 0.2) is 0 Å². The first-order valence-corrected chi connectivity index (χ1v) is 7.72. The average Bonchev–Trinajstić information content (AvgIpc) is 2.68. The monoisotopic (exact) mass is 362 g/mol. The van der Waals surface area contributed by atoms with Crippen LogP contribution < -0.4 is 0 Å². The molecule has 5 nitrogen and oxygen atoms in total. The summed E-state index contributed by atoms with van der Waals surface area (Å²) in [5.41, 5.74) is -0.0255. The summed E-state index contributed by atoms with van der Waals surface area (Å²) >= 11 is 18.2. The number of halogens is 2. The van der Waals surface area contributed by atoms with E-state index < -0.39 is 4.92 Å². The number of nitrogens with zero attached hydrogens (tertiary/aromatic N) is 2. The maximum absolute atomic E-state index is 12.1. The number of rotatable bonds is 3. The topological polar surface area (TPSA) is 63.5 Å². The van der Waals surface area contributed by atoms with E-state index in [0.29, 0.717) is 15.8 Å². The number of likely N-dealkylation sites (N-methyl/N-ethyl adjacent to an activating group) is 1. The Kier molecular flexibility index (Phi) is 4.88. The van der Waals surface area contributed by atoms with Crippen LogP contribution in [0, 0.1) is 10.1 Å². The average molecular weight is 363 g/mol. The number of nitro benzene ring substituents is 1. The zero-order valence-electron chi connectivity index (χ0n) is 10.6. The first kappa shape index (κ1) is 16.2. The standard InChI is InChI=1S/C12H8Cl2N2O3S2/c1-2-15-11(17)9(21-12(15)20)5-6-7(13)3-4-8(10(6)14)16(18)19/h3-5H,2H2,1H3/b9-5-. The molecule has 0 aliphatic carbocycles. The number of carbonyl (C=O) groups excluding carboxylic acids is 1. The maximum atomic E-state index is 12.1. The Morgan fingerprint density at radius 3 is 2.67 bits per heavy atom. The van der Waals surface area contributed by atoms with Gasteiger partial charge in [-0.15, -0.1) is 0 Å². The van der Waals surface area contributed by atoms with E-state index in [1.54, 1.807) is 6.92 Å². The van der Waals surface area contributed by atoms with Crippen LogP contribution in [0.25, 0.3) is 6.08 Å². The van der Waals surface area contributed by atoms with Crippen molar-refractivity contribution in [3.05, 3.63) is 42.8 Å². The highest BCUT2D eigenvalue weighted by Gasteiger charge is 2.31. The van der Waals surface area contributed by atoms with Crippen LogP contribution in [-0.4, -0.2) is 26.6 Å². The molecule has 21 heavy (non-hydrogen) atoms.